The van der Waals surface area contributed by atoms with Crippen molar-refractivity contribution in [2.75, 3.05) is 0 Å². The first-order chi connectivity index (χ1) is 9.28. The number of halogens is 1. The second-order valence-electron chi connectivity index (χ2n) is 4.31. The zero-order chi connectivity index (χ0) is 13.2. The third kappa shape index (κ3) is 2.48. The molecule has 0 N–H and O–H groups in total. The molecule has 98 valence electrons. The minimum Gasteiger partial charge on any atom is -0.326 e. The summed E-state index contributed by atoms with van der Waals surface area (Å²) in [5.74, 6) is 1.30. The Labute approximate surface area is 120 Å². The fourth-order valence-corrected chi connectivity index (χ4v) is 3.08. The Morgan fingerprint density at radius 3 is 3.00 bits per heavy atom. The maximum absolute atomic E-state index is 5.97. The first-order valence-corrected chi connectivity index (χ1v) is 7.45. The van der Waals surface area contributed by atoms with Crippen molar-refractivity contribution >= 4 is 34.0 Å². The zero-order valence-corrected chi connectivity index (χ0v) is 12.1. The molecule has 0 amide bonds. The number of aromatic nitrogens is 4. The van der Waals surface area contributed by atoms with Gasteiger partial charge in [-0.15, -0.1) is 22.9 Å². The molecule has 0 aliphatic carbocycles. The lowest BCUT2D eigenvalue weighted by Crippen LogP contribution is -2.05. The standard InChI is InChI=1S/C13H13ClN4S/c1-9-8-19-13(16-9)3-5-18-11-2-4-15-7-10(11)17-12(18)6-14/h2,4,7-8H,3,5-6H2,1H3. The van der Waals surface area contributed by atoms with E-state index >= 15 is 0 Å². The molecule has 0 atom stereocenters. The number of thiazole rings is 1. The number of hydrogen-bond donors (Lipinski definition) is 0. The summed E-state index contributed by atoms with van der Waals surface area (Å²) in [4.78, 5) is 13.1. The number of nitrogens with zero attached hydrogens (tertiary/aromatic N) is 4. The summed E-state index contributed by atoms with van der Waals surface area (Å²) < 4.78 is 2.15. The van der Waals surface area contributed by atoms with Crippen LogP contribution in [0.4, 0.5) is 0 Å². The molecule has 6 heteroatoms. The molecule has 0 saturated heterocycles. The van der Waals surface area contributed by atoms with E-state index in [9.17, 15) is 0 Å². The number of fused-ring (bicyclic) bond motifs is 1. The molecular weight excluding hydrogens is 280 g/mol. The van der Waals surface area contributed by atoms with Crippen LogP contribution in [0, 0.1) is 6.92 Å². The molecule has 0 radical (unpaired) electrons. The van der Waals surface area contributed by atoms with Crippen molar-refractivity contribution < 1.29 is 0 Å². The molecule has 19 heavy (non-hydrogen) atoms. The molecule has 0 fully saturated rings. The summed E-state index contributed by atoms with van der Waals surface area (Å²) >= 11 is 7.67. The Bertz CT molecular complexity index is 704. The molecule has 0 aliphatic heterocycles. The summed E-state index contributed by atoms with van der Waals surface area (Å²) in [5, 5.41) is 3.22. The van der Waals surface area contributed by atoms with Crippen LogP contribution in [0.1, 0.15) is 16.5 Å². The van der Waals surface area contributed by atoms with Crippen molar-refractivity contribution in [1.29, 1.82) is 0 Å². The van der Waals surface area contributed by atoms with Gasteiger partial charge in [-0.2, -0.15) is 0 Å². The Hall–Kier alpha value is -1.46. The van der Waals surface area contributed by atoms with Gasteiger partial charge in [0.05, 0.1) is 22.6 Å². The third-order valence-electron chi connectivity index (χ3n) is 2.96. The largest absolute Gasteiger partial charge is 0.326 e. The Kier molecular flexibility index (Phi) is 3.48. The fourth-order valence-electron chi connectivity index (χ4n) is 2.11. The van der Waals surface area contributed by atoms with Gasteiger partial charge in [0.1, 0.15) is 11.3 Å². The third-order valence-corrected chi connectivity index (χ3v) is 4.23. The summed E-state index contributed by atoms with van der Waals surface area (Å²) in [6.07, 6.45) is 4.46. The van der Waals surface area contributed by atoms with Crippen LogP contribution < -0.4 is 0 Å². The van der Waals surface area contributed by atoms with E-state index in [1.807, 2.05) is 13.0 Å². The van der Waals surface area contributed by atoms with E-state index in [0.717, 1.165) is 40.5 Å². The van der Waals surface area contributed by atoms with Crippen LogP contribution >= 0.6 is 22.9 Å². The van der Waals surface area contributed by atoms with Gasteiger partial charge in [0, 0.05) is 30.2 Å². The van der Waals surface area contributed by atoms with Gasteiger partial charge in [0.25, 0.3) is 0 Å². The number of aryl methyl sites for hydroxylation is 3. The van der Waals surface area contributed by atoms with E-state index < -0.39 is 0 Å². The van der Waals surface area contributed by atoms with E-state index in [4.69, 9.17) is 11.6 Å². The highest BCUT2D eigenvalue weighted by Crippen LogP contribution is 2.18. The van der Waals surface area contributed by atoms with Crippen molar-refractivity contribution in [3.63, 3.8) is 0 Å². The second kappa shape index (κ2) is 5.27. The molecule has 4 nitrogen and oxygen atoms in total. The number of alkyl halides is 1. The van der Waals surface area contributed by atoms with Gasteiger partial charge in [-0.05, 0) is 13.0 Å². The summed E-state index contributed by atoms with van der Waals surface area (Å²) in [6, 6.07) is 1.98. The molecule has 3 heterocycles. The van der Waals surface area contributed by atoms with Crippen molar-refractivity contribution in [3.05, 3.63) is 40.4 Å². The number of pyridine rings is 1. The molecule has 0 saturated carbocycles. The molecule has 0 spiro atoms. The van der Waals surface area contributed by atoms with Gasteiger partial charge in [-0.3, -0.25) is 4.98 Å². The van der Waals surface area contributed by atoms with Gasteiger partial charge in [-0.1, -0.05) is 0 Å². The van der Waals surface area contributed by atoms with Crippen LogP contribution in [0.25, 0.3) is 11.0 Å². The molecule has 3 rings (SSSR count). The van der Waals surface area contributed by atoms with Crippen molar-refractivity contribution in [3.8, 4) is 0 Å². The number of rotatable bonds is 4. The minimum absolute atomic E-state index is 0.408. The number of hydrogen-bond acceptors (Lipinski definition) is 4. The summed E-state index contributed by atoms with van der Waals surface area (Å²) in [6.45, 7) is 2.86. The predicted octanol–water partition coefficient (Wildman–Crippen LogP) is 3.18. The minimum atomic E-state index is 0.408. The highest BCUT2D eigenvalue weighted by Gasteiger charge is 2.10. The molecular formula is C13H13ClN4S. The highest BCUT2D eigenvalue weighted by atomic mass is 35.5. The Morgan fingerprint density at radius 1 is 1.37 bits per heavy atom. The average molecular weight is 293 g/mol. The molecule has 0 unspecified atom stereocenters. The van der Waals surface area contributed by atoms with E-state index in [2.05, 4.69) is 24.9 Å². The molecule has 0 bridgehead atoms. The summed E-state index contributed by atoms with van der Waals surface area (Å²) in [5.41, 5.74) is 3.06. The van der Waals surface area contributed by atoms with Gasteiger partial charge in [0.15, 0.2) is 0 Å². The van der Waals surface area contributed by atoms with E-state index in [1.54, 1.807) is 23.7 Å². The van der Waals surface area contributed by atoms with E-state index in [1.165, 1.54) is 0 Å². The van der Waals surface area contributed by atoms with Crippen LogP contribution in [-0.2, 0) is 18.8 Å². The van der Waals surface area contributed by atoms with Crippen LogP contribution in [0.5, 0.6) is 0 Å². The van der Waals surface area contributed by atoms with E-state index in [-0.39, 0.29) is 0 Å². The molecule has 3 aromatic heterocycles. The first-order valence-electron chi connectivity index (χ1n) is 6.04. The second-order valence-corrected chi connectivity index (χ2v) is 5.52. The van der Waals surface area contributed by atoms with Crippen LogP contribution in [-0.4, -0.2) is 19.5 Å². The van der Waals surface area contributed by atoms with Gasteiger partial charge < -0.3 is 4.57 Å². The molecule has 3 aromatic rings. The maximum Gasteiger partial charge on any atom is 0.124 e. The van der Waals surface area contributed by atoms with E-state index in [0.29, 0.717) is 5.88 Å². The van der Waals surface area contributed by atoms with Crippen molar-refractivity contribution in [2.45, 2.75) is 25.8 Å². The lowest BCUT2D eigenvalue weighted by Gasteiger charge is -2.05. The molecule has 0 aliphatic rings. The maximum atomic E-state index is 5.97. The zero-order valence-electron chi connectivity index (χ0n) is 10.5. The lowest BCUT2D eigenvalue weighted by molar-refractivity contribution is 0.685. The highest BCUT2D eigenvalue weighted by molar-refractivity contribution is 7.09. The fraction of sp³-hybridized carbons (Fsp3) is 0.308. The van der Waals surface area contributed by atoms with Gasteiger partial charge >= 0.3 is 0 Å². The average Bonchev–Trinajstić information content (AvgIpc) is 2.99. The monoisotopic (exact) mass is 292 g/mol. The predicted molar refractivity (Wildman–Crippen MR) is 77.6 cm³/mol. The van der Waals surface area contributed by atoms with Gasteiger partial charge in [-0.25, -0.2) is 9.97 Å². The quantitative estimate of drug-likeness (QED) is 0.694. The lowest BCUT2D eigenvalue weighted by atomic mass is 10.3. The topological polar surface area (TPSA) is 43.6 Å². The Morgan fingerprint density at radius 2 is 2.26 bits per heavy atom. The van der Waals surface area contributed by atoms with Crippen LogP contribution in [0.15, 0.2) is 23.8 Å². The first kappa shape index (κ1) is 12.6. The molecule has 0 aromatic carbocycles. The van der Waals surface area contributed by atoms with Crippen LogP contribution in [0.3, 0.4) is 0 Å². The van der Waals surface area contributed by atoms with Gasteiger partial charge in [0.2, 0.25) is 0 Å². The van der Waals surface area contributed by atoms with Crippen LogP contribution in [0.2, 0.25) is 0 Å². The number of imidazole rings is 1. The Balaban J connectivity index is 1.90. The summed E-state index contributed by atoms with van der Waals surface area (Å²) in [7, 11) is 0. The normalized spacial score (nSPS) is 11.3. The van der Waals surface area contributed by atoms with Crippen molar-refractivity contribution in [1.82, 2.24) is 19.5 Å². The smallest absolute Gasteiger partial charge is 0.124 e. The SMILES string of the molecule is Cc1csc(CCn2c(CCl)nc3cnccc32)n1. The van der Waals surface area contributed by atoms with Crippen molar-refractivity contribution in [2.24, 2.45) is 0 Å².